The molecule has 0 atom stereocenters. The van der Waals surface area contributed by atoms with E-state index in [0.29, 0.717) is 22.7 Å². The van der Waals surface area contributed by atoms with Crippen molar-refractivity contribution in [3.63, 3.8) is 0 Å². The number of aryl methyl sites for hydroxylation is 1. The van der Waals surface area contributed by atoms with Gasteiger partial charge in [0, 0.05) is 16.9 Å². The van der Waals surface area contributed by atoms with Gasteiger partial charge >= 0.3 is 5.97 Å². The zero-order chi connectivity index (χ0) is 15.0. The number of anilines is 1. The van der Waals surface area contributed by atoms with Crippen LogP contribution in [0.4, 0.5) is 5.69 Å². The van der Waals surface area contributed by atoms with Gasteiger partial charge in [-0.15, -0.1) is 11.3 Å². The molecule has 0 amide bonds. The van der Waals surface area contributed by atoms with Gasteiger partial charge in [0.2, 0.25) is 0 Å². The second-order valence-electron chi connectivity index (χ2n) is 5.17. The molecule has 0 aliphatic carbocycles. The first-order valence-corrected chi connectivity index (χ1v) is 7.19. The highest BCUT2D eigenvalue weighted by Crippen LogP contribution is 2.32. The number of pyridine rings is 1. The van der Waals surface area contributed by atoms with E-state index in [0.717, 1.165) is 10.4 Å². The minimum atomic E-state index is -0.504. The first-order chi connectivity index (χ1) is 9.36. The van der Waals surface area contributed by atoms with Crippen molar-refractivity contribution in [1.82, 2.24) is 4.57 Å². The molecule has 0 saturated carbocycles. The molecule has 2 aromatic rings. The normalized spacial score (nSPS) is 11.2. The second-order valence-corrected chi connectivity index (χ2v) is 6.22. The average Bonchev–Trinajstić information content (AvgIpc) is 2.70. The third-order valence-corrected chi connectivity index (χ3v) is 4.25. The van der Waals surface area contributed by atoms with Crippen LogP contribution in [0.5, 0.6) is 0 Å². The maximum absolute atomic E-state index is 12.6. The van der Waals surface area contributed by atoms with Crippen LogP contribution in [-0.2, 0) is 11.3 Å². The van der Waals surface area contributed by atoms with Crippen molar-refractivity contribution >= 4 is 33.1 Å². The Hall–Kier alpha value is -1.82. The molecule has 6 heteroatoms. The number of esters is 1. The van der Waals surface area contributed by atoms with Crippen LogP contribution in [0.2, 0.25) is 0 Å². The number of carbonyl (C=O) groups excluding carboxylic acids is 1. The lowest BCUT2D eigenvalue weighted by Crippen LogP contribution is -2.24. The lowest BCUT2D eigenvalue weighted by molar-refractivity contribution is 0.0607. The van der Waals surface area contributed by atoms with Gasteiger partial charge in [-0.1, -0.05) is 13.8 Å². The van der Waals surface area contributed by atoms with Gasteiger partial charge in [-0.25, -0.2) is 4.79 Å². The van der Waals surface area contributed by atoms with E-state index in [2.05, 4.69) is 0 Å². The Bertz CT molecular complexity index is 728. The number of carbonyl (C=O) groups is 1. The molecular formula is C14H18N2O3S. The van der Waals surface area contributed by atoms with E-state index in [1.807, 2.05) is 26.8 Å². The van der Waals surface area contributed by atoms with Crippen LogP contribution in [-0.4, -0.2) is 17.6 Å². The first-order valence-electron chi connectivity index (χ1n) is 6.37. The van der Waals surface area contributed by atoms with Gasteiger partial charge in [0.25, 0.3) is 5.56 Å². The fourth-order valence-electron chi connectivity index (χ4n) is 2.18. The summed E-state index contributed by atoms with van der Waals surface area (Å²) in [4.78, 5) is 24.5. The number of ether oxygens (including phenoxy) is 1. The average molecular weight is 294 g/mol. The topological polar surface area (TPSA) is 74.3 Å². The summed E-state index contributed by atoms with van der Waals surface area (Å²) in [5.74, 6) is -0.153. The van der Waals surface area contributed by atoms with E-state index in [-0.39, 0.29) is 11.2 Å². The zero-order valence-corrected chi connectivity index (χ0v) is 12.8. The number of nitrogens with two attached hydrogens (primary N) is 1. The molecule has 0 saturated heterocycles. The fourth-order valence-corrected chi connectivity index (χ4v) is 3.31. The lowest BCUT2D eigenvalue weighted by atomic mass is 10.2. The van der Waals surface area contributed by atoms with Crippen molar-refractivity contribution in [2.24, 2.45) is 5.92 Å². The number of nitrogens with zero attached hydrogens (tertiary/aromatic N) is 1. The Morgan fingerprint density at radius 1 is 1.50 bits per heavy atom. The molecule has 0 unspecified atom stereocenters. The van der Waals surface area contributed by atoms with Gasteiger partial charge in [-0.05, 0) is 18.9 Å². The summed E-state index contributed by atoms with van der Waals surface area (Å²) in [6.45, 7) is 6.61. The SMILES string of the molecule is COC(=O)c1sc2cc(C)n(CC(C)C)c(=O)c2c1N. The molecular weight excluding hydrogens is 276 g/mol. The monoisotopic (exact) mass is 294 g/mol. The smallest absolute Gasteiger partial charge is 0.350 e. The zero-order valence-electron chi connectivity index (χ0n) is 12.0. The van der Waals surface area contributed by atoms with Crippen molar-refractivity contribution in [3.8, 4) is 0 Å². The van der Waals surface area contributed by atoms with Crippen molar-refractivity contribution in [2.75, 3.05) is 12.8 Å². The molecule has 20 heavy (non-hydrogen) atoms. The largest absolute Gasteiger partial charge is 0.465 e. The number of hydrogen-bond donors (Lipinski definition) is 1. The van der Waals surface area contributed by atoms with E-state index < -0.39 is 5.97 Å². The molecule has 0 bridgehead atoms. The van der Waals surface area contributed by atoms with Gasteiger partial charge in [-0.3, -0.25) is 4.79 Å². The number of hydrogen-bond acceptors (Lipinski definition) is 5. The summed E-state index contributed by atoms with van der Waals surface area (Å²) in [6, 6.07) is 1.90. The Labute approximate surface area is 121 Å². The van der Waals surface area contributed by atoms with Gasteiger partial charge < -0.3 is 15.0 Å². The third kappa shape index (κ3) is 2.31. The number of aromatic nitrogens is 1. The summed E-state index contributed by atoms with van der Waals surface area (Å²) in [6.07, 6.45) is 0. The summed E-state index contributed by atoms with van der Waals surface area (Å²) >= 11 is 1.20. The molecule has 0 aromatic carbocycles. The highest BCUT2D eigenvalue weighted by Gasteiger charge is 2.20. The molecule has 0 spiro atoms. The van der Waals surface area contributed by atoms with Crippen LogP contribution in [0, 0.1) is 12.8 Å². The van der Waals surface area contributed by atoms with Gasteiger partial charge in [-0.2, -0.15) is 0 Å². The number of methoxy groups -OCH3 is 1. The van der Waals surface area contributed by atoms with Crippen molar-refractivity contribution in [1.29, 1.82) is 0 Å². The second kappa shape index (κ2) is 5.28. The molecule has 5 nitrogen and oxygen atoms in total. The number of rotatable bonds is 3. The Kier molecular flexibility index (Phi) is 3.85. The Morgan fingerprint density at radius 3 is 2.70 bits per heavy atom. The van der Waals surface area contributed by atoms with Crippen LogP contribution in [0.3, 0.4) is 0 Å². The van der Waals surface area contributed by atoms with E-state index >= 15 is 0 Å². The number of fused-ring (bicyclic) bond motifs is 1. The standard InChI is InChI=1S/C14H18N2O3S/c1-7(2)6-16-8(3)5-9-10(13(16)17)11(15)12(20-9)14(18)19-4/h5,7H,6,15H2,1-4H3. The van der Waals surface area contributed by atoms with Crippen LogP contribution in [0.1, 0.15) is 29.2 Å². The fraction of sp³-hybridized carbons (Fsp3) is 0.429. The van der Waals surface area contributed by atoms with Crippen molar-refractivity contribution in [2.45, 2.75) is 27.3 Å². The molecule has 0 radical (unpaired) electrons. The molecule has 0 aliphatic heterocycles. The van der Waals surface area contributed by atoms with Crippen molar-refractivity contribution < 1.29 is 9.53 Å². The van der Waals surface area contributed by atoms with Crippen LogP contribution < -0.4 is 11.3 Å². The maximum atomic E-state index is 12.6. The third-order valence-electron chi connectivity index (χ3n) is 3.12. The predicted octanol–water partition coefficient (Wildman–Crippen LogP) is 2.40. The van der Waals surface area contributed by atoms with E-state index in [1.165, 1.54) is 18.4 Å². The van der Waals surface area contributed by atoms with Crippen molar-refractivity contribution in [3.05, 3.63) is 27.0 Å². The Balaban J connectivity index is 2.75. The molecule has 2 heterocycles. The molecule has 0 aliphatic rings. The van der Waals surface area contributed by atoms with Gasteiger partial charge in [0.05, 0.1) is 18.2 Å². The van der Waals surface area contributed by atoms with E-state index in [4.69, 9.17) is 10.5 Å². The molecule has 2 aromatic heterocycles. The number of thiophene rings is 1. The predicted molar refractivity (Wildman–Crippen MR) is 81.4 cm³/mol. The summed E-state index contributed by atoms with van der Waals surface area (Å²) in [5, 5.41) is 0.418. The van der Waals surface area contributed by atoms with Gasteiger partial charge in [0.15, 0.2) is 0 Å². The Morgan fingerprint density at radius 2 is 2.15 bits per heavy atom. The minimum absolute atomic E-state index is 0.141. The molecule has 2 N–H and O–H groups in total. The first kappa shape index (κ1) is 14.6. The van der Waals surface area contributed by atoms with E-state index in [1.54, 1.807) is 4.57 Å². The minimum Gasteiger partial charge on any atom is -0.465 e. The molecule has 2 rings (SSSR count). The van der Waals surface area contributed by atoms with Gasteiger partial charge in [0.1, 0.15) is 4.88 Å². The maximum Gasteiger partial charge on any atom is 0.350 e. The van der Waals surface area contributed by atoms with E-state index in [9.17, 15) is 9.59 Å². The highest BCUT2D eigenvalue weighted by molar-refractivity contribution is 7.21. The lowest BCUT2D eigenvalue weighted by Gasteiger charge is -2.12. The highest BCUT2D eigenvalue weighted by atomic mass is 32.1. The summed E-state index contributed by atoms with van der Waals surface area (Å²) < 4.78 is 7.13. The van der Waals surface area contributed by atoms with Crippen LogP contribution in [0.15, 0.2) is 10.9 Å². The molecule has 0 fully saturated rings. The summed E-state index contributed by atoms with van der Waals surface area (Å²) in [5.41, 5.74) is 6.91. The molecule has 108 valence electrons. The number of nitrogen functional groups attached to an aromatic ring is 1. The quantitative estimate of drug-likeness (QED) is 0.882. The van der Waals surface area contributed by atoms with Crippen LogP contribution >= 0.6 is 11.3 Å². The summed E-state index contributed by atoms with van der Waals surface area (Å²) in [7, 11) is 1.30. The van der Waals surface area contributed by atoms with Crippen LogP contribution in [0.25, 0.3) is 10.1 Å².